The van der Waals surface area contributed by atoms with Crippen LogP contribution in [0.15, 0.2) is 42.5 Å². The number of aliphatic hydroxyl groups excluding tert-OH is 1. The minimum absolute atomic E-state index is 0.119. The molecular formula is C16H16ClFN2O3. The Bertz CT molecular complexity index is 697. The van der Waals surface area contributed by atoms with Gasteiger partial charge in [-0.15, -0.1) is 0 Å². The van der Waals surface area contributed by atoms with Crippen molar-refractivity contribution < 1.29 is 19.0 Å². The van der Waals surface area contributed by atoms with Gasteiger partial charge in [0.25, 0.3) is 0 Å². The molecule has 2 rings (SSSR count). The fourth-order valence-electron chi connectivity index (χ4n) is 1.99. The second-order valence-electron chi connectivity index (χ2n) is 4.72. The highest BCUT2D eigenvalue weighted by Crippen LogP contribution is 2.27. The monoisotopic (exact) mass is 338 g/mol. The van der Waals surface area contributed by atoms with Crippen LogP contribution in [-0.4, -0.2) is 24.8 Å². The summed E-state index contributed by atoms with van der Waals surface area (Å²) in [5.41, 5.74) is 0.506. The number of nitrogens with one attached hydrogen (secondary N) is 2. The lowest BCUT2D eigenvalue weighted by Crippen LogP contribution is -2.32. The van der Waals surface area contributed by atoms with Gasteiger partial charge in [0.1, 0.15) is 11.6 Å². The summed E-state index contributed by atoms with van der Waals surface area (Å²) >= 11 is 5.87. The van der Waals surface area contributed by atoms with Gasteiger partial charge in [0.15, 0.2) is 0 Å². The van der Waals surface area contributed by atoms with E-state index in [1.54, 1.807) is 18.2 Å². The van der Waals surface area contributed by atoms with Crippen LogP contribution < -0.4 is 15.4 Å². The Balaban J connectivity index is 1.95. The summed E-state index contributed by atoms with van der Waals surface area (Å²) in [6.07, 6.45) is -1.15. The molecule has 7 heteroatoms. The minimum Gasteiger partial charge on any atom is -0.495 e. The molecule has 5 nitrogen and oxygen atoms in total. The van der Waals surface area contributed by atoms with Gasteiger partial charge in [0, 0.05) is 17.1 Å². The van der Waals surface area contributed by atoms with Crippen molar-refractivity contribution in [3.05, 3.63) is 58.9 Å². The van der Waals surface area contributed by atoms with Crippen LogP contribution in [0.25, 0.3) is 0 Å². The van der Waals surface area contributed by atoms with Crippen molar-refractivity contribution in [2.75, 3.05) is 19.0 Å². The minimum atomic E-state index is -1.15. The third kappa shape index (κ3) is 4.58. The molecule has 0 heterocycles. The quantitative estimate of drug-likeness (QED) is 0.783. The summed E-state index contributed by atoms with van der Waals surface area (Å²) in [5.74, 6) is -0.0853. The zero-order valence-corrected chi connectivity index (χ0v) is 13.1. The molecule has 3 N–H and O–H groups in total. The summed E-state index contributed by atoms with van der Waals surface area (Å²) in [6, 6.07) is 10.1. The Morgan fingerprint density at radius 2 is 2.09 bits per heavy atom. The molecule has 0 spiro atoms. The van der Waals surface area contributed by atoms with Crippen molar-refractivity contribution in [1.82, 2.24) is 5.32 Å². The van der Waals surface area contributed by atoms with E-state index >= 15 is 0 Å². The largest absolute Gasteiger partial charge is 0.495 e. The lowest BCUT2D eigenvalue weighted by atomic mass is 10.1. The number of ether oxygens (including phenoxy) is 1. The van der Waals surface area contributed by atoms with Gasteiger partial charge in [0.2, 0.25) is 0 Å². The van der Waals surface area contributed by atoms with Gasteiger partial charge in [-0.2, -0.15) is 0 Å². The number of carbonyl (C=O) groups is 1. The molecule has 2 amide bonds. The van der Waals surface area contributed by atoms with E-state index in [0.29, 0.717) is 16.5 Å². The van der Waals surface area contributed by atoms with Gasteiger partial charge in [-0.3, -0.25) is 0 Å². The number of hydrogen-bond donors (Lipinski definition) is 3. The first-order valence-corrected chi connectivity index (χ1v) is 7.20. The number of anilines is 1. The van der Waals surface area contributed by atoms with E-state index < -0.39 is 18.0 Å². The van der Waals surface area contributed by atoms with Crippen LogP contribution >= 0.6 is 11.6 Å². The highest BCUT2D eigenvalue weighted by molar-refractivity contribution is 6.31. The van der Waals surface area contributed by atoms with Crippen LogP contribution in [0.5, 0.6) is 5.75 Å². The Hall–Kier alpha value is -2.31. The molecule has 0 aromatic heterocycles. The average Bonchev–Trinajstić information content (AvgIpc) is 2.53. The maximum absolute atomic E-state index is 13.5. The fourth-order valence-corrected chi connectivity index (χ4v) is 2.16. The zero-order chi connectivity index (χ0) is 16.8. The molecule has 0 saturated carbocycles. The van der Waals surface area contributed by atoms with Crippen molar-refractivity contribution in [3.8, 4) is 5.75 Å². The average molecular weight is 339 g/mol. The molecule has 0 bridgehead atoms. The number of urea groups is 1. The molecule has 2 aromatic carbocycles. The molecular weight excluding hydrogens is 323 g/mol. The number of rotatable bonds is 5. The number of hydrogen-bond acceptors (Lipinski definition) is 3. The molecule has 1 atom stereocenters. The van der Waals surface area contributed by atoms with Crippen LogP contribution in [0.4, 0.5) is 14.9 Å². The number of halogens is 2. The number of methoxy groups -OCH3 is 1. The molecule has 2 aromatic rings. The molecule has 0 aliphatic carbocycles. The third-order valence-corrected chi connectivity index (χ3v) is 3.37. The highest BCUT2D eigenvalue weighted by Gasteiger charge is 2.14. The SMILES string of the molecule is COc1ccc(Cl)cc1NC(=O)NCC(O)c1ccccc1F. The topological polar surface area (TPSA) is 70.6 Å². The summed E-state index contributed by atoms with van der Waals surface area (Å²) in [5, 5.41) is 15.4. The molecule has 0 saturated heterocycles. The van der Waals surface area contributed by atoms with Gasteiger partial charge in [-0.05, 0) is 24.3 Å². The normalized spacial score (nSPS) is 11.7. The van der Waals surface area contributed by atoms with Crippen molar-refractivity contribution in [2.45, 2.75) is 6.10 Å². The maximum Gasteiger partial charge on any atom is 0.319 e. The van der Waals surface area contributed by atoms with Crippen LogP contribution in [0, 0.1) is 5.82 Å². The van der Waals surface area contributed by atoms with Crippen molar-refractivity contribution in [2.24, 2.45) is 0 Å². The van der Waals surface area contributed by atoms with Crippen molar-refractivity contribution in [1.29, 1.82) is 0 Å². The predicted molar refractivity (Wildman–Crippen MR) is 86.4 cm³/mol. The maximum atomic E-state index is 13.5. The van der Waals surface area contributed by atoms with Gasteiger partial charge in [0.05, 0.1) is 18.9 Å². The molecule has 23 heavy (non-hydrogen) atoms. The summed E-state index contributed by atoms with van der Waals surface area (Å²) in [6.45, 7) is -0.143. The lowest BCUT2D eigenvalue weighted by molar-refractivity contribution is 0.170. The number of benzene rings is 2. The first-order chi connectivity index (χ1) is 11.0. The Morgan fingerprint density at radius 1 is 1.35 bits per heavy atom. The van der Waals surface area contributed by atoms with E-state index in [0.717, 1.165) is 0 Å². The molecule has 0 aliphatic rings. The van der Waals surface area contributed by atoms with Gasteiger partial charge in [-0.1, -0.05) is 29.8 Å². The van der Waals surface area contributed by atoms with Crippen molar-refractivity contribution in [3.63, 3.8) is 0 Å². The molecule has 122 valence electrons. The Kier molecular flexibility index (Phi) is 5.78. The van der Waals surface area contributed by atoms with Crippen LogP contribution in [0.2, 0.25) is 5.02 Å². The molecule has 0 fully saturated rings. The summed E-state index contributed by atoms with van der Waals surface area (Å²) < 4.78 is 18.6. The molecule has 0 aliphatic heterocycles. The lowest BCUT2D eigenvalue weighted by Gasteiger charge is -2.15. The van der Waals surface area contributed by atoms with Crippen LogP contribution in [0.3, 0.4) is 0 Å². The summed E-state index contributed by atoms with van der Waals surface area (Å²) in [7, 11) is 1.47. The number of carbonyl (C=O) groups excluding carboxylic acids is 1. The van der Waals surface area contributed by atoms with E-state index in [4.69, 9.17) is 16.3 Å². The van der Waals surface area contributed by atoms with E-state index in [-0.39, 0.29) is 12.1 Å². The van der Waals surface area contributed by atoms with E-state index in [9.17, 15) is 14.3 Å². The molecule has 1 unspecified atom stereocenters. The number of aliphatic hydroxyl groups is 1. The predicted octanol–water partition coefficient (Wildman–Crippen LogP) is 3.34. The second-order valence-corrected chi connectivity index (χ2v) is 5.15. The molecule has 0 radical (unpaired) electrons. The Morgan fingerprint density at radius 3 is 2.78 bits per heavy atom. The highest BCUT2D eigenvalue weighted by atomic mass is 35.5. The van der Waals surface area contributed by atoms with E-state index in [1.165, 1.54) is 31.4 Å². The Labute approximate surface area is 138 Å². The zero-order valence-electron chi connectivity index (χ0n) is 12.3. The third-order valence-electron chi connectivity index (χ3n) is 3.13. The number of amides is 2. The van der Waals surface area contributed by atoms with Crippen LogP contribution in [0.1, 0.15) is 11.7 Å². The van der Waals surface area contributed by atoms with Gasteiger partial charge >= 0.3 is 6.03 Å². The second kappa shape index (κ2) is 7.80. The fraction of sp³-hybridized carbons (Fsp3) is 0.188. The summed E-state index contributed by atoms with van der Waals surface area (Å²) in [4.78, 5) is 11.9. The van der Waals surface area contributed by atoms with E-state index in [1.807, 2.05) is 0 Å². The first kappa shape index (κ1) is 17.1. The van der Waals surface area contributed by atoms with E-state index in [2.05, 4.69) is 10.6 Å². The smallest absolute Gasteiger partial charge is 0.319 e. The van der Waals surface area contributed by atoms with Crippen molar-refractivity contribution >= 4 is 23.3 Å². The van der Waals surface area contributed by atoms with Gasteiger partial charge < -0.3 is 20.5 Å². The van der Waals surface area contributed by atoms with Crippen LogP contribution in [-0.2, 0) is 0 Å². The first-order valence-electron chi connectivity index (χ1n) is 6.82. The standard InChI is InChI=1S/C16H16ClFN2O3/c1-23-15-7-6-10(17)8-13(15)20-16(22)19-9-14(21)11-4-2-3-5-12(11)18/h2-8,14,21H,9H2,1H3,(H2,19,20,22). The van der Waals surface area contributed by atoms with Gasteiger partial charge in [-0.25, -0.2) is 9.18 Å².